The van der Waals surface area contributed by atoms with Gasteiger partial charge < -0.3 is 0 Å². The zero-order valence-electron chi connectivity index (χ0n) is 5.69. The summed E-state index contributed by atoms with van der Waals surface area (Å²) in [5.74, 6) is -3.13. The lowest BCUT2D eigenvalue weighted by molar-refractivity contribution is 0.227. The van der Waals surface area contributed by atoms with Crippen molar-refractivity contribution in [3.8, 4) is 6.07 Å². The molecule has 1 aliphatic rings. The third kappa shape index (κ3) is 1.20. The van der Waals surface area contributed by atoms with Gasteiger partial charge in [0.05, 0.1) is 0 Å². The summed E-state index contributed by atoms with van der Waals surface area (Å²) >= 11 is 0. The maximum absolute atomic E-state index is 12.6. The molecule has 2 atom stereocenters. The first-order valence-electron chi connectivity index (χ1n) is 3.03. The minimum absolute atomic E-state index is 0.168. The molecule has 1 rings (SSSR count). The van der Waals surface area contributed by atoms with Crippen LogP contribution in [0.5, 0.6) is 0 Å². The largest absolute Gasteiger partial charge is 0.239 e. The third-order valence-corrected chi connectivity index (χ3v) is 1.43. The molecule has 64 valence electrons. The van der Waals surface area contributed by atoms with E-state index in [-0.39, 0.29) is 6.08 Å². The van der Waals surface area contributed by atoms with E-state index in [0.29, 0.717) is 0 Å². The second-order valence-corrected chi connectivity index (χ2v) is 2.20. The molecule has 1 aliphatic carbocycles. The number of hydrogen-bond acceptors (Lipinski definition) is 1. The molecule has 0 fully saturated rings. The molecule has 0 saturated heterocycles. The zero-order valence-corrected chi connectivity index (χ0v) is 5.69. The predicted molar refractivity (Wildman–Crippen MR) is 32.7 cm³/mol. The Hall–Kier alpha value is -1.31. The average molecular weight is 177 g/mol. The second kappa shape index (κ2) is 2.97. The number of hydrogen-bond donors (Lipinski definition) is 0. The molecule has 0 aromatic carbocycles. The molecule has 0 heterocycles. The van der Waals surface area contributed by atoms with Crippen LogP contribution in [0.25, 0.3) is 0 Å². The molecule has 2 unspecified atom stereocenters. The molecule has 5 heteroatoms. The third-order valence-electron chi connectivity index (χ3n) is 1.43. The van der Waals surface area contributed by atoms with Crippen LogP contribution in [0.4, 0.5) is 17.6 Å². The van der Waals surface area contributed by atoms with Gasteiger partial charge in [-0.3, -0.25) is 0 Å². The van der Waals surface area contributed by atoms with Crippen LogP contribution in [-0.2, 0) is 0 Å². The molecule has 0 aromatic heterocycles. The van der Waals surface area contributed by atoms with Crippen LogP contribution in [0.15, 0.2) is 23.3 Å². The molecule has 0 N–H and O–H groups in total. The first-order valence-corrected chi connectivity index (χ1v) is 3.03. The normalized spacial score (nSPS) is 29.8. The van der Waals surface area contributed by atoms with Gasteiger partial charge in [0.25, 0.3) is 0 Å². The number of halogens is 4. The summed E-state index contributed by atoms with van der Waals surface area (Å²) in [5.41, 5.74) is -1.12. The van der Waals surface area contributed by atoms with Gasteiger partial charge in [-0.2, -0.15) is 5.26 Å². The Bertz CT molecular complexity index is 299. The predicted octanol–water partition coefficient (Wildman–Crippen LogP) is 2.28. The quantitative estimate of drug-likeness (QED) is 0.520. The van der Waals surface area contributed by atoms with E-state index >= 15 is 0 Å². The van der Waals surface area contributed by atoms with Crippen molar-refractivity contribution in [3.63, 3.8) is 0 Å². The first-order chi connectivity index (χ1) is 5.57. The molecule has 0 aromatic rings. The van der Waals surface area contributed by atoms with E-state index in [0.717, 1.165) is 6.07 Å². The van der Waals surface area contributed by atoms with E-state index in [9.17, 15) is 17.6 Å². The molecule has 0 spiro atoms. The van der Waals surface area contributed by atoms with Crippen molar-refractivity contribution < 1.29 is 17.6 Å². The minimum Gasteiger partial charge on any atom is -0.239 e. The highest BCUT2D eigenvalue weighted by Gasteiger charge is 2.33. The van der Waals surface area contributed by atoms with Gasteiger partial charge in [-0.25, -0.2) is 17.6 Å². The lowest BCUT2D eigenvalue weighted by Crippen LogP contribution is -2.21. The smallest absolute Gasteiger partial charge is 0.175 e. The van der Waals surface area contributed by atoms with Crippen molar-refractivity contribution in [2.24, 2.45) is 0 Å². The number of allylic oxidation sites excluding steroid dienone is 4. The molecule has 12 heavy (non-hydrogen) atoms. The van der Waals surface area contributed by atoms with E-state index in [1.165, 1.54) is 0 Å². The fourth-order valence-electron chi connectivity index (χ4n) is 0.817. The van der Waals surface area contributed by atoms with Gasteiger partial charge in [0.15, 0.2) is 24.0 Å². The van der Waals surface area contributed by atoms with Crippen LogP contribution in [-0.4, -0.2) is 12.3 Å². The van der Waals surface area contributed by atoms with Crippen molar-refractivity contribution in [1.82, 2.24) is 0 Å². The lowest BCUT2D eigenvalue weighted by atomic mass is 10.0. The number of nitrogens with zero attached hydrogens (tertiary/aromatic N) is 1. The molecule has 0 aliphatic heterocycles. The van der Waals surface area contributed by atoms with Crippen LogP contribution in [0.1, 0.15) is 0 Å². The summed E-state index contributed by atoms with van der Waals surface area (Å²) in [6.07, 6.45) is -4.51. The summed E-state index contributed by atoms with van der Waals surface area (Å²) in [7, 11) is 0. The summed E-state index contributed by atoms with van der Waals surface area (Å²) in [6, 6.07) is 1.07. The minimum atomic E-state index is -2.39. The van der Waals surface area contributed by atoms with Crippen molar-refractivity contribution in [2.45, 2.75) is 12.3 Å². The molecular formula is C7H3F4N. The zero-order chi connectivity index (χ0) is 9.30. The van der Waals surface area contributed by atoms with E-state index in [1.54, 1.807) is 0 Å². The highest BCUT2D eigenvalue weighted by molar-refractivity contribution is 5.42. The highest BCUT2D eigenvalue weighted by atomic mass is 19.2. The topological polar surface area (TPSA) is 23.8 Å². The number of alkyl halides is 2. The van der Waals surface area contributed by atoms with Gasteiger partial charge in [-0.1, -0.05) is 0 Å². The summed E-state index contributed by atoms with van der Waals surface area (Å²) in [4.78, 5) is 0. The van der Waals surface area contributed by atoms with Gasteiger partial charge in [0.2, 0.25) is 0 Å². The number of rotatable bonds is 0. The first kappa shape index (κ1) is 8.78. The Morgan fingerprint density at radius 2 is 1.92 bits per heavy atom. The molecule has 1 nitrogen and oxygen atoms in total. The summed E-state index contributed by atoms with van der Waals surface area (Å²) in [5, 5.41) is 8.12. The second-order valence-electron chi connectivity index (χ2n) is 2.20. The van der Waals surface area contributed by atoms with Crippen molar-refractivity contribution >= 4 is 0 Å². The SMILES string of the molecule is N#CC1=C(F)C(F)=CC(F)C1F. The van der Waals surface area contributed by atoms with Gasteiger partial charge in [-0.15, -0.1) is 0 Å². The highest BCUT2D eigenvalue weighted by Crippen LogP contribution is 2.30. The van der Waals surface area contributed by atoms with Crippen LogP contribution >= 0.6 is 0 Å². The Labute approximate surface area is 65.6 Å². The fourth-order valence-corrected chi connectivity index (χ4v) is 0.817. The van der Waals surface area contributed by atoms with Crippen molar-refractivity contribution in [1.29, 1.82) is 5.26 Å². The molecular weight excluding hydrogens is 174 g/mol. The van der Waals surface area contributed by atoms with E-state index < -0.39 is 29.6 Å². The standard InChI is InChI=1S/C7H3F4N/c8-4-1-5(9)7(11)3(2-12)6(4)10/h1,4,6H. The van der Waals surface area contributed by atoms with E-state index in [4.69, 9.17) is 5.26 Å². The fraction of sp³-hybridized carbons (Fsp3) is 0.286. The molecule has 0 radical (unpaired) electrons. The maximum atomic E-state index is 12.6. The Kier molecular flexibility index (Phi) is 2.18. The van der Waals surface area contributed by atoms with Crippen LogP contribution < -0.4 is 0 Å². The Balaban J connectivity index is 3.14. The van der Waals surface area contributed by atoms with E-state index in [2.05, 4.69) is 0 Å². The maximum Gasteiger partial charge on any atom is 0.175 e. The van der Waals surface area contributed by atoms with E-state index in [1.807, 2.05) is 0 Å². The van der Waals surface area contributed by atoms with Crippen molar-refractivity contribution in [2.75, 3.05) is 0 Å². The summed E-state index contributed by atoms with van der Waals surface area (Å²) in [6.45, 7) is 0. The molecule has 0 amide bonds. The van der Waals surface area contributed by atoms with Gasteiger partial charge >= 0.3 is 0 Å². The van der Waals surface area contributed by atoms with Crippen LogP contribution in [0.2, 0.25) is 0 Å². The van der Waals surface area contributed by atoms with Gasteiger partial charge in [0, 0.05) is 0 Å². The Morgan fingerprint density at radius 1 is 1.33 bits per heavy atom. The van der Waals surface area contributed by atoms with Crippen molar-refractivity contribution in [3.05, 3.63) is 23.3 Å². The number of nitriles is 1. The van der Waals surface area contributed by atoms with Gasteiger partial charge in [-0.05, 0) is 6.08 Å². The van der Waals surface area contributed by atoms with Crippen LogP contribution in [0.3, 0.4) is 0 Å². The summed E-state index contributed by atoms with van der Waals surface area (Å²) < 4.78 is 49.7. The Morgan fingerprint density at radius 3 is 2.42 bits per heavy atom. The van der Waals surface area contributed by atoms with Crippen LogP contribution in [0, 0.1) is 11.3 Å². The lowest BCUT2D eigenvalue weighted by Gasteiger charge is -2.14. The monoisotopic (exact) mass is 177 g/mol. The average Bonchev–Trinajstić information content (AvgIpc) is 2.02. The molecule has 0 bridgehead atoms. The molecule has 0 saturated carbocycles. The van der Waals surface area contributed by atoms with Gasteiger partial charge in [0.1, 0.15) is 11.6 Å².